The molecule has 3 aromatic rings. The molecule has 2 heterocycles. The Kier molecular flexibility index (Phi) is 7.76. The van der Waals surface area contributed by atoms with E-state index in [0.717, 1.165) is 30.4 Å². The van der Waals surface area contributed by atoms with Gasteiger partial charge in [-0.15, -0.1) is 22.7 Å². The highest BCUT2D eigenvalue weighted by molar-refractivity contribution is 7.16. The minimum absolute atomic E-state index is 0.00545. The van der Waals surface area contributed by atoms with Crippen LogP contribution in [0.15, 0.2) is 35.8 Å². The number of nitrogens with zero attached hydrogens (tertiary/aromatic N) is 3. The summed E-state index contributed by atoms with van der Waals surface area (Å²) in [4.78, 5) is 29.1. The van der Waals surface area contributed by atoms with E-state index in [1.165, 1.54) is 28.3 Å². The molecule has 0 spiro atoms. The van der Waals surface area contributed by atoms with Crippen molar-refractivity contribution >= 4 is 44.9 Å². The van der Waals surface area contributed by atoms with Gasteiger partial charge in [-0.25, -0.2) is 9.78 Å². The Bertz CT molecular complexity index is 1390. The molecule has 1 aliphatic carbocycles. The van der Waals surface area contributed by atoms with E-state index in [0.29, 0.717) is 32.8 Å². The van der Waals surface area contributed by atoms with Gasteiger partial charge >= 0.3 is 5.97 Å². The van der Waals surface area contributed by atoms with Crippen LogP contribution in [0.1, 0.15) is 59.9 Å². The van der Waals surface area contributed by atoms with Crippen molar-refractivity contribution in [2.75, 3.05) is 11.9 Å². The molecule has 8 nitrogen and oxygen atoms in total. The molecule has 1 aromatic carbocycles. The van der Waals surface area contributed by atoms with Gasteiger partial charge in [-0.3, -0.25) is 10.1 Å². The number of rotatable bonds is 7. The number of non-ortho nitro benzene ring substituents is 1. The quantitative estimate of drug-likeness (QED) is 0.148. The number of fused-ring (bicyclic) bond motifs is 1. The zero-order valence-corrected chi connectivity index (χ0v) is 22.8. The van der Waals surface area contributed by atoms with Crippen LogP contribution < -0.4 is 5.32 Å². The number of hydrogen-bond donors (Lipinski definition) is 1. The SMILES string of the molecule is CCOC(=O)c1c(N/C=C(/C#N)c2nc(-c3ccc([N+](=O)[O-])cc3)cs2)sc2c1CC[C@H](C(C)(C)C)C2. The third-order valence-electron chi connectivity index (χ3n) is 6.55. The molecule has 1 N–H and O–H groups in total. The number of nitriles is 1. The Hall–Kier alpha value is -3.55. The average Bonchev–Trinajstić information content (AvgIpc) is 3.49. The lowest BCUT2D eigenvalue weighted by atomic mass is 9.72. The van der Waals surface area contributed by atoms with Gasteiger partial charge in [0.25, 0.3) is 5.69 Å². The van der Waals surface area contributed by atoms with Crippen LogP contribution in [0.5, 0.6) is 0 Å². The van der Waals surface area contributed by atoms with Crippen LogP contribution >= 0.6 is 22.7 Å². The summed E-state index contributed by atoms with van der Waals surface area (Å²) < 4.78 is 5.37. The van der Waals surface area contributed by atoms with Crippen LogP contribution in [0, 0.1) is 32.8 Å². The van der Waals surface area contributed by atoms with Crippen LogP contribution in [0.4, 0.5) is 10.7 Å². The summed E-state index contributed by atoms with van der Waals surface area (Å²) >= 11 is 2.86. The molecular formula is C27H28N4O4S2. The molecule has 37 heavy (non-hydrogen) atoms. The van der Waals surface area contributed by atoms with Gasteiger partial charge in [0.15, 0.2) is 0 Å². The number of thiazole rings is 1. The minimum Gasteiger partial charge on any atom is -0.462 e. The summed E-state index contributed by atoms with van der Waals surface area (Å²) in [6.07, 6.45) is 4.34. The number of nitro benzene ring substituents is 1. The maximum Gasteiger partial charge on any atom is 0.341 e. The number of carbonyl (C=O) groups excluding carboxylic acids is 1. The molecule has 0 aliphatic heterocycles. The first kappa shape index (κ1) is 26.5. The van der Waals surface area contributed by atoms with Crippen LogP contribution in [-0.4, -0.2) is 22.5 Å². The van der Waals surface area contributed by atoms with Gasteiger partial charge < -0.3 is 10.1 Å². The van der Waals surface area contributed by atoms with E-state index in [2.05, 4.69) is 37.1 Å². The second-order valence-corrected chi connectivity index (χ2v) is 11.9. The largest absolute Gasteiger partial charge is 0.462 e. The van der Waals surface area contributed by atoms with Crippen molar-refractivity contribution < 1.29 is 14.5 Å². The summed E-state index contributed by atoms with van der Waals surface area (Å²) in [7, 11) is 0. The normalized spacial score (nSPS) is 15.5. The van der Waals surface area contributed by atoms with Crippen molar-refractivity contribution in [3.8, 4) is 17.3 Å². The fourth-order valence-corrected chi connectivity index (χ4v) is 6.49. The molecule has 0 saturated heterocycles. The molecule has 0 amide bonds. The lowest BCUT2D eigenvalue weighted by molar-refractivity contribution is -0.384. The van der Waals surface area contributed by atoms with Crippen LogP contribution in [0.25, 0.3) is 16.8 Å². The number of benzene rings is 1. The monoisotopic (exact) mass is 536 g/mol. The highest BCUT2D eigenvalue weighted by Gasteiger charge is 2.34. The molecule has 0 fully saturated rings. The molecule has 1 aliphatic rings. The third-order valence-corrected chi connectivity index (χ3v) is 8.61. The van der Waals surface area contributed by atoms with Gasteiger partial charge in [0.1, 0.15) is 21.7 Å². The fourth-order valence-electron chi connectivity index (χ4n) is 4.41. The smallest absolute Gasteiger partial charge is 0.341 e. The Balaban J connectivity index is 1.61. The third kappa shape index (κ3) is 5.73. The van der Waals surface area contributed by atoms with Gasteiger partial charge in [0.05, 0.1) is 22.8 Å². The molecule has 0 saturated carbocycles. The first-order valence-electron chi connectivity index (χ1n) is 12.0. The van der Waals surface area contributed by atoms with Crippen LogP contribution in [0.2, 0.25) is 0 Å². The highest BCUT2D eigenvalue weighted by Crippen LogP contribution is 2.44. The summed E-state index contributed by atoms with van der Waals surface area (Å²) in [5.41, 5.74) is 3.48. The van der Waals surface area contributed by atoms with Gasteiger partial charge in [-0.05, 0) is 55.2 Å². The van der Waals surface area contributed by atoms with E-state index in [-0.39, 0.29) is 23.7 Å². The fraction of sp³-hybridized carbons (Fsp3) is 0.370. The predicted molar refractivity (Wildman–Crippen MR) is 147 cm³/mol. The summed E-state index contributed by atoms with van der Waals surface area (Å²) in [6.45, 7) is 8.84. The van der Waals surface area contributed by atoms with E-state index in [1.54, 1.807) is 36.6 Å². The van der Waals surface area contributed by atoms with E-state index in [1.807, 2.05) is 5.38 Å². The number of ether oxygens (including phenoxy) is 1. The van der Waals surface area contributed by atoms with Gasteiger partial charge in [0.2, 0.25) is 0 Å². The van der Waals surface area contributed by atoms with Crippen LogP contribution in [0.3, 0.4) is 0 Å². The topological polar surface area (TPSA) is 118 Å². The first-order valence-corrected chi connectivity index (χ1v) is 13.7. The van der Waals surface area contributed by atoms with E-state index >= 15 is 0 Å². The van der Waals surface area contributed by atoms with Crippen molar-refractivity contribution in [1.82, 2.24) is 4.98 Å². The number of esters is 1. The number of allylic oxidation sites excluding steroid dienone is 1. The number of carbonyl (C=O) groups is 1. The maximum atomic E-state index is 12.9. The number of aromatic nitrogens is 1. The molecule has 2 aromatic heterocycles. The molecule has 0 radical (unpaired) electrons. The number of anilines is 1. The van der Waals surface area contributed by atoms with Crippen molar-refractivity contribution in [3.05, 3.63) is 67.0 Å². The lowest BCUT2D eigenvalue weighted by Crippen LogP contribution is -2.26. The number of hydrogen-bond acceptors (Lipinski definition) is 9. The standard InChI is InChI=1S/C27H28N4O4S2/c1-5-35-26(32)23-20-11-8-18(27(2,3)4)12-22(20)37-25(23)29-14-17(13-28)24-30-21(15-36-24)16-6-9-19(10-7-16)31(33)34/h6-7,9-10,14-15,18,29H,5,8,11-12H2,1-4H3/b17-14-/t18-/m0/s1. The van der Waals surface area contributed by atoms with E-state index in [9.17, 15) is 20.2 Å². The average molecular weight is 537 g/mol. The molecule has 0 bridgehead atoms. The number of nitrogens with one attached hydrogen (secondary N) is 1. The number of thiophene rings is 1. The van der Waals surface area contributed by atoms with Crippen molar-refractivity contribution in [2.45, 2.75) is 47.0 Å². The molecule has 4 rings (SSSR count). The molecule has 1 atom stereocenters. The summed E-state index contributed by atoms with van der Waals surface area (Å²) in [6, 6.07) is 8.31. The van der Waals surface area contributed by atoms with Crippen molar-refractivity contribution in [3.63, 3.8) is 0 Å². The molecule has 192 valence electrons. The number of nitro groups is 1. The second kappa shape index (κ2) is 10.8. The van der Waals surface area contributed by atoms with Crippen molar-refractivity contribution in [2.24, 2.45) is 11.3 Å². The minimum atomic E-state index is -0.450. The first-order chi connectivity index (χ1) is 17.6. The predicted octanol–water partition coefficient (Wildman–Crippen LogP) is 7.08. The van der Waals surface area contributed by atoms with E-state index < -0.39 is 4.92 Å². The Morgan fingerprint density at radius 1 is 1.35 bits per heavy atom. The second-order valence-electron chi connectivity index (χ2n) is 9.89. The molecule has 10 heteroatoms. The van der Waals surface area contributed by atoms with E-state index in [4.69, 9.17) is 4.74 Å². The van der Waals surface area contributed by atoms with Gasteiger partial charge in [-0.1, -0.05) is 20.8 Å². The summed E-state index contributed by atoms with van der Waals surface area (Å²) in [5, 5.41) is 26.9. The Morgan fingerprint density at radius 3 is 2.70 bits per heavy atom. The highest BCUT2D eigenvalue weighted by atomic mass is 32.1. The van der Waals surface area contributed by atoms with Gasteiger partial charge in [-0.2, -0.15) is 5.26 Å². The van der Waals surface area contributed by atoms with Gasteiger partial charge in [0, 0.05) is 34.2 Å². The molecular weight excluding hydrogens is 508 g/mol. The zero-order chi connectivity index (χ0) is 26.7. The zero-order valence-electron chi connectivity index (χ0n) is 21.2. The Morgan fingerprint density at radius 2 is 2.08 bits per heavy atom. The Labute approximate surface area is 223 Å². The van der Waals surface area contributed by atoms with Crippen LogP contribution in [-0.2, 0) is 17.6 Å². The van der Waals surface area contributed by atoms with Crippen molar-refractivity contribution in [1.29, 1.82) is 5.26 Å². The summed E-state index contributed by atoms with van der Waals surface area (Å²) in [5.74, 6) is 0.179. The lowest BCUT2D eigenvalue weighted by Gasteiger charge is -2.33. The molecule has 0 unspecified atom stereocenters. The maximum absolute atomic E-state index is 12.9.